The number of nitrogens with zero attached hydrogens (tertiary/aromatic N) is 1. The van der Waals surface area contributed by atoms with E-state index in [9.17, 15) is 18.8 Å². The molecular formula is C21H37FN2O5. The summed E-state index contributed by atoms with van der Waals surface area (Å²) < 4.78 is 24.0. The van der Waals surface area contributed by atoms with E-state index in [2.05, 4.69) is 12.2 Å². The van der Waals surface area contributed by atoms with Gasteiger partial charge in [0.2, 0.25) is 12.3 Å². The van der Waals surface area contributed by atoms with Crippen molar-refractivity contribution in [1.82, 2.24) is 10.2 Å². The van der Waals surface area contributed by atoms with E-state index in [0.717, 1.165) is 12.8 Å². The van der Waals surface area contributed by atoms with Gasteiger partial charge in [0, 0.05) is 32.5 Å². The van der Waals surface area contributed by atoms with Crippen LogP contribution in [0.4, 0.5) is 4.39 Å². The Morgan fingerprint density at radius 3 is 2.34 bits per heavy atom. The fourth-order valence-corrected chi connectivity index (χ4v) is 3.88. The molecule has 1 amide bonds. The number of esters is 2. The van der Waals surface area contributed by atoms with Crippen molar-refractivity contribution in [3.63, 3.8) is 0 Å². The van der Waals surface area contributed by atoms with Crippen molar-refractivity contribution in [1.29, 1.82) is 0 Å². The van der Waals surface area contributed by atoms with E-state index < -0.39 is 24.3 Å². The zero-order valence-electron chi connectivity index (χ0n) is 18.4. The molecule has 1 rings (SSSR count). The lowest BCUT2D eigenvalue weighted by Crippen LogP contribution is -2.46. The van der Waals surface area contributed by atoms with Crippen LogP contribution in [0.25, 0.3) is 0 Å². The first-order valence-corrected chi connectivity index (χ1v) is 10.8. The van der Waals surface area contributed by atoms with Crippen LogP contribution >= 0.6 is 0 Å². The standard InChI is InChI=1S/C21H37FN2O5/c1-6-9-16(14(4)23-15(5)25)12-24-13-17(20(26)28-8-3)11-18(24)21(27)29-19(22)10-7-2/h14,16-19H,6-13H2,1-5H3,(H,23,25)/t14?,16?,17-,18-,19?/m1/s1. The van der Waals surface area contributed by atoms with Gasteiger partial charge in [0.1, 0.15) is 6.04 Å². The first-order chi connectivity index (χ1) is 13.7. The van der Waals surface area contributed by atoms with Crippen molar-refractivity contribution in [3.05, 3.63) is 0 Å². The second-order valence-corrected chi connectivity index (χ2v) is 7.83. The number of carbonyl (C=O) groups excluding carboxylic acids is 3. The molecule has 0 radical (unpaired) electrons. The van der Waals surface area contributed by atoms with Crippen molar-refractivity contribution < 1.29 is 28.2 Å². The third-order valence-electron chi connectivity index (χ3n) is 5.32. The van der Waals surface area contributed by atoms with Crippen LogP contribution in [-0.2, 0) is 23.9 Å². The molecule has 29 heavy (non-hydrogen) atoms. The molecule has 0 aliphatic carbocycles. The fourth-order valence-electron chi connectivity index (χ4n) is 3.88. The van der Waals surface area contributed by atoms with Gasteiger partial charge in [0.05, 0.1) is 12.5 Å². The molecule has 0 saturated carbocycles. The van der Waals surface area contributed by atoms with Crippen LogP contribution < -0.4 is 5.32 Å². The van der Waals surface area contributed by atoms with E-state index in [-0.39, 0.29) is 43.3 Å². The highest BCUT2D eigenvalue weighted by Gasteiger charge is 2.43. The predicted molar refractivity (Wildman–Crippen MR) is 108 cm³/mol. The maximum Gasteiger partial charge on any atom is 0.325 e. The Balaban J connectivity index is 2.94. The topological polar surface area (TPSA) is 84.9 Å². The Bertz CT molecular complexity index is 545. The Hall–Kier alpha value is -1.70. The fraction of sp³-hybridized carbons (Fsp3) is 0.857. The van der Waals surface area contributed by atoms with E-state index in [1.807, 2.05) is 18.7 Å². The summed E-state index contributed by atoms with van der Waals surface area (Å²) in [7, 11) is 0. The number of nitrogens with one attached hydrogen (secondary N) is 1. The lowest BCUT2D eigenvalue weighted by atomic mass is 9.95. The molecule has 1 fully saturated rings. The van der Waals surface area contributed by atoms with Gasteiger partial charge in [-0.25, -0.2) is 4.39 Å². The van der Waals surface area contributed by atoms with Crippen molar-refractivity contribution in [2.24, 2.45) is 11.8 Å². The van der Waals surface area contributed by atoms with Crippen molar-refractivity contribution in [2.75, 3.05) is 19.7 Å². The van der Waals surface area contributed by atoms with Gasteiger partial charge < -0.3 is 14.8 Å². The minimum Gasteiger partial charge on any atom is -0.466 e. The summed E-state index contributed by atoms with van der Waals surface area (Å²) in [6.45, 7) is 10.2. The molecule has 0 aromatic heterocycles. The van der Waals surface area contributed by atoms with E-state index in [1.54, 1.807) is 6.92 Å². The van der Waals surface area contributed by atoms with Crippen LogP contribution in [0.15, 0.2) is 0 Å². The highest BCUT2D eigenvalue weighted by Crippen LogP contribution is 2.28. The summed E-state index contributed by atoms with van der Waals surface area (Å²) >= 11 is 0. The molecule has 0 aromatic rings. The number of halogens is 1. The minimum atomic E-state index is -1.64. The number of likely N-dealkylation sites (tertiary alicyclic amines) is 1. The average molecular weight is 417 g/mol. The molecule has 1 N–H and O–H groups in total. The van der Waals surface area contributed by atoms with Gasteiger partial charge in [-0.05, 0) is 39.0 Å². The van der Waals surface area contributed by atoms with Crippen LogP contribution in [0.2, 0.25) is 0 Å². The van der Waals surface area contributed by atoms with Crippen LogP contribution in [0.5, 0.6) is 0 Å². The number of alkyl halides is 1. The SMILES string of the molecule is CCCC(F)OC(=O)[C@H]1C[C@@H](C(=O)OCC)CN1CC(CCC)C(C)NC(C)=O. The first-order valence-electron chi connectivity index (χ1n) is 10.8. The highest BCUT2D eigenvalue weighted by atomic mass is 19.1. The summed E-state index contributed by atoms with van der Waals surface area (Å²) in [5, 5.41) is 2.92. The molecular weight excluding hydrogens is 379 g/mol. The van der Waals surface area contributed by atoms with Gasteiger partial charge in [-0.2, -0.15) is 0 Å². The molecule has 7 nitrogen and oxygen atoms in total. The Morgan fingerprint density at radius 2 is 1.79 bits per heavy atom. The van der Waals surface area contributed by atoms with E-state index >= 15 is 0 Å². The molecule has 0 spiro atoms. The van der Waals surface area contributed by atoms with Crippen LogP contribution in [0.1, 0.15) is 66.7 Å². The number of carbonyl (C=O) groups is 3. The number of rotatable bonds is 12. The third kappa shape index (κ3) is 8.28. The Kier molecular flexibility index (Phi) is 11.2. The predicted octanol–water partition coefficient (Wildman–Crippen LogP) is 2.82. The van der Waals surface area contributed by atoms with Crippen LogP contribution in [-0.4, -0.2) is 60.9 Å². The number of ether oxygens (including phenoxy) is 2. The minimum absolute atomic E-state index is 0.0835. The van der Waals surface area contributed by atoms with E-state index in [1.165, 1.54) is 6.92 Å². The largest absolute Gasteiger partial charge is 0.466 e. The van der Waals surface area contributed by atoms with Gasteiger partial charge in [-0.15, -0.1) is 0 Å². The van der Waals surface area contributed by atoms with Crippen LogP contribution in [0.3, 0.4) is 0 Å². The Labute approximate surface area is 173 Å². The average Bonchev–Trinajstić information content (AvgIpc) is 3.05. The Morgan fingerprint density at radius 1 is 1.14 bits per heavy atom. The van der Waals surface area contributed by atoms with Crippen molar-refractivity contribution in [2.45, 2.75) is 85.2 Å². The maximum atomic E-state index is 13.9. The smallest absolute Gasteiger partial charge is 0.325 e. The zero-order chi connectivity index (χ0) is 22.0. The number of hydrogen-bond acceptors (Lipinski definition) is 6. The molecule has 0 bridgehead atoms. The number of hydrogen-bond donors (Lipinski definition) is 1. The van der Waals surface area contributed by atoms with Gasteiger partial charge in [0.25, 0.3) is 0 Å². The molecule has 3 unspecified atom stereocenters. The second kappa shape index (κ2) is 12.8. The summed E-state index contributed by atoms with van der Waals surface area (Å²) in [5.74, 6) is -1.45. The van der Waals surface area contributed by atoms with Crippen molar-refractivity contribution in [3.8, 4) is 0 Å². The number of amides is 1. The summed E-state index contributed by atoms with van der Waals surface area (Å²) in [5.41, 5.74) is 0. The zero-order valence-corrected chi connectivity index (χ0v) is 18.4. The monoisotopic (exact) mass is 416 g/mol. The van der Waals surface area contributed by atoms with E-state index in [4.69, 9.17) is 9.47 Å². The molecule has 1 aliphatic heterocycles. The summed E-state index contributed by atoms with van der Waals surface area (Å²) in [6.07, 6.45) is 1.11. The second-order valence-electron chi connectivity index (χ2n) is 7.83. The molecule has 5 atom stereocenters. The van der Waals surface area contributed by atoms with Crippen LogP contribution in [0, 0.1) is 11.8 Å². The van der Waals surface area contributed by atoms with Gasteiger partial charge >= 0.3 is 11.9 Å². The molecule has 168 valence electrons. The molecule has 8 heteroatoms. The normalized spacial score (nSPS) is 22.6. The molecule has 1 saturated heterocycles. The molecule has 1 heterocycles. The van der Waals surface area contributed by atoms with Gasteiger partial charge in [-0.1, -0.05) is 20.3 Å². The van der Waals surface area contributed by atoms with Gasteiger partial charge in [-0.3, -0.25) is 19.3 Å². The maximum absolute atomic E-state index is 13.9. The third-order valence-corrected chi connectivity index (χ3v) is 5.32. The lowest BCUT2D eigenvalue weighted by Gasteiger charge is -2.31. The highest BCUT2D eigenvalue weighted by molar-refractivity contribution is 5.80. The summed E-state index contributed by atoms with van der Waals surface area (Å²) in [6, 6.07) is -0.775. The lowest BCUT2D eigenvalue weighted by molar-refractivity contribution is -0.164. The molecule has 1 aliphatic rings. The van der Waals surface area contributed by atoms with E-state index in [0.29, 0.717) is 19.5 Å². The summed E-state index contributed by atoms with van der Waals surface area (Å²) in [4.78, 5) is 38.2. The van der Waals surface area contributed by atoms with Crippen molar-refractivity contribution >= 4 is 17.8 Å². The quantitative estimate of drug-likeness (QED) is 0.493. The van der Waals surface area contributed by atoms with Gasteiger partial charge in [0.15, 0.2) is 0 Å². The first kappa shape index (κ1) is 25.3. The molecule has 0 aromatic carbocycles.